The minimum Gasteiger partial charge on any atom is -0.478 e. The zero-order valence-corrected chi connectivity index (χ0v) is 17.2. The van der Waals surface area contributed by atoms with E-state index < -0.39 is 11.9 Å². The fourth-order valence-corrected chi connectivity index (χ4v) is 4.26. The van der Waals surface area contributed by atoms with Gasteiger partial charge in [0.25, 0.3) is 0 Å². The highest BCUT2D eigenvalue weighted by Gasteiger charge is 2.09. The molecule has 7 heteroatoms. The van der Waals surface area contributed by atoms with Crippen molar-refractivity contribution in [3.8, 4) is 11.8 Å². The molecule has 1 heterocycles. The molecule has 5 nitrogen and oxygen atoms in total. The van der Waals surface area contributed by atoms with Crippen LogP contribution in [0.15, 0.2) is 64.5 Å². The molecule has 0 fully saturated rings. The van der Waals surface area contributed by atoms with Crippen LogP contribution >= 0.6 is 23.5 Å². The number of fused-ring (bicyclic) bond motifs is 1. The molecule has 146 valence electrons. The molecule has 0 spiro atoms. The van der Waals surface area contributed by atoms with Crippen LogP contribution in [0.4, 0.5) is 0 Å². The first-order chi connectivity index (χ1) is 14.1. The fourth-order valence-electron chi connectivity index (χ4n) is 2.54. The summed E-state index contributed by atoms with van der Waals surface area (Å²) >= 11 is 3.28. The van der Waals surface area contributed by atoms with Crippen molar-refractivity contribution >= 4 is 46.4 Å². The normalized spacial score (nSPS) is 10.2. The molecule has 29 heavy (non-hydrogen) atoms. The lowest BCUT2D eigenvalue weighted by Gasteiger charge is -2.08. The smallest absolute Gasteiger partial charge is 0.339 e. The Morgan fingerprint density at radius 1 is 1.07 bits per heavy atom. The van der Waals surface area contributed by atoms with Gasteiger partial charge < -0.3 is 9.84 Å². The van der Waals surface area contributed by atoms with Crippen LogP contribution in [-0.4, -0.2) is 40.6 Å². The van der Waals surface area contributed by atoms with E-state index in [0.29, 0.717) is 11.3 Å². The molecule has 1 N–H and O–H groups in total. The van der Waals surface area contributed by atoms with Crippen molar-refractivity contribution in [2.24, 2.45) is 0 Å². The molecule has 3 rings (SSSR count). The van der Waals surface area contributed by atoms with Crippen molar-refractivity contribution in [3.63, 3.8) is 0 Å². The monoisotopic (exact) mass is 423 g/mol. The Kier molecular flexibility index (Phi) is 7.17. The van der Waals surface area contributed by atoms with Gasteiger partial charge in [0.1, 0.15) is 0 Å². The van der Waals surface area contributed by atoms with Crippen LogP contribution in [0.3, 0.4) is 0 Å². The lowest BCUT2D eigenvalue weighted by atomic mass is 10.1. The van der Waals surface area contributed by atoms with Gasteiger partial charge in [-0.3, -0.25) is 4.98 Å². The summed E-state index contributed by atoms with van der Waals surface area (Å²) in [4.78, 5) is 29.5. The number of carbonyl (C=O) groups is 2. The van der Waals surface area contributed by atoms with Crippen LogP contribution in [0.25, 0.3) is 10.9 Å². The molecule has 0 bridgehead atoms. The van der Waals surface area contributed by atoms with Gasteiger partial charge in [0, 0.05) is 21.4 Å². The van der Waals surface area contributed by atoms with Crippen LogP contribution in [0.5, 0.6) is 0 Å². The van der Waals surface area contributed by atoms with Gasteiger partial charge in [0.2, 0.25) is 0 Å². The molecule has 0 saturated heterocycles. The van der Waals surface area contributed by atoms with Crippen LogP contribution < -0.4 is 0 Å². The first-order valence-corrected chi connectivity index (χ1v) is 10.8. The number of aromatic nitrogens is 1. The third kappa shape index (κ3) is 5.31. The molecule has 0 aliphatic carbocycles. The molecular formula is C22H17NO4S2. The van der Waals surface area contributed by atoms with Crippen molar-refractivity contribution in [3.05, 3.63) is 65.9 Å². The third-order valence-corrected chi connectivity index (χ3v) is 5.87. The summed E-state index contributed by atoms with van der Waals surface area (Å²) in [7, 11) is 0. The van der Waals surface area contributed by atoms with Gasteiger partial charge in [0.15, 0.2) is 6.61 Å². The summed E-state index contributed by atoms with van der Waals surface area (Å²) in [6.45, 7) is -0.0213. The van der Waals surface area contributed by atoms with Gasteiger partial charge in [-0.25, -0.2) is 9.59 Å². The Bertz CT molecular complexity index is 1100. The maximum absolute atomic E-state index is 12.0. The molecule has 0 amide bonds. The third-order valence-electron chi connectivity index (χ3n) is 3.97. The summed E-state index contributed by atoms with van der Waals surface area (Å²) in [5.74, 6) is 4.84. The molecule has 0 radical (unpaired) electrons. The van der Waals surface area contributed by atoms with E-state index in [1.165, 1.54) is 24.3 Å². The Labute approximate surface area is 176 Å². The first-order valence-electron chi connectivity index (χ1n) is 8.61. The largest absolute Gasteiger partial charge is 0.478 e. The predicted molar refractivity (Wildman–Crippen MR) is 116 cm³/mol. The summed E-state index contributed by atoms with van der Waals surface area (Å²) in [6.07, 6.45) is 3.89. The molecule has 0 saturated carbocycles. The number of thioether (sulfide) groups is 2. The van der Waals surface area contributed by atoms with E-state index in [9.17, 15) is 9.59 Å². The average Bonchev–Trinajstić information content (AvgIpc) is 2.75. The molecule has 0 aliphatic rings. The quantitative estimate of drug-likeness (QED) is 0.352. The number of carbonyl (C=O) groups excluding carboxylic acids is 1. The van der Waals surface area contributed by atoms with E-state index in [0.717, 1.165) is 20.7 Å². The highest BCUT2D eigenvalue weighted by atomic mass is 32.2. The van der Waals surface area contributed by atoms with E-state index >= 15 is 0 Å². The Morgan fingerprint density at radius 2 is 1.79 bits per heavy atom. The summed E-state index contributed by atoms with van der Waals surface area (Å²) in [6, 6.07) is 13.6. The molecule has 0 unspecified atom stereocenters. The lowest BCUT2D eigenvalue weighted by molar-refractivity contribution is 0.0555. The van der Waals surface area contributed by atoms with Gasteiger partial charge in [-0.2, -0.15) is 0 Å². The van der Waals surface area contributed by atoms with Crippen LogP contribution in [0.2, 0.25) is 0 Å². The first kappa shape index (κ1) is 20.8. The number of carboxylic acid groups (broad SMARTS) is 1. The lowest BCUT2D eigenvalue weighted by Crippen LogP contribution is -2.06. The Morgan fingerprint density at radius 3 is 2.52 bits per heavy atom. The minimum atomic E-state index is -1.04. The van der Waals surface area contributed by atoms with E-state index in [1.54, 1.807) is 23.5 Å². The predicted octanol–water partition coefficient (Wildman–Crippen LogP) is 4.61. The topological polar surface area (TPSA) is 76.5 Å². The van der Waals surface area contributed by atoms with Gasteiger partial charge in [-0.15, -0.1) is 23.5 Å². The standard InChI is InChI=1S/C22H17NO4S2/c1-28-19-14-23-18-7-3-2-6-17(18)20(19)29-13-5-4-12-27-22(26)16-10-8-15(9-11-16)21(24)25/h2-3,6-11,14H,12-13H2,1H3,(H,24,25). The maximum atomic E-state index is 12.0. The maximum Gasteiger partial charge on any atom is 0.339 e. The summed E-state index contributed by atoms with van der Waals surface area (Å²) < 4.78 is 5.11. The van der Waals surface area contributed by atoms with Crippen molar-refractivity contribution in [1.82, 2.24) is 4.98 Å². The van der Waals surface area contributed by atoms with Gasteiger partial charge in [0.05, 0.1) is 22.4 Å². The van der Waals surface area contributed by atoms with Crippen LogP contribution in [0, 0.1) is 11.8 Å². The van der Waals surface area contributed by atoms with E-state index in [1.807, 2.05) is 30.7 Å². The minimum absolute atomic E-state index is 0.0213. The van der Waals surface area contributed by atoms with Crippen LogP contribution in [0.1, 0.15) is 20.7 Å². The fraction of sp³-hybridized carbons (Fsp3) is 0.136. The number of hydrogen-bond donors (Lipinski definition) is 1. The number of rotatable bonds is 6. The molecule has 0 atom stereocenters. The number of ether oxygens (including phenoxy) is 1. The second-order valence-electron chi connectivity index (χ2n) is 5.77. The van der Waals surface area contributed by atoms with Gasteiger partial charge in [-0.05, 0) is 36.6 Å². The molecular weight excluding hydrogens is 406 g/mol. The molecule has 2 aromatic carbocycles. The number of hydrogen-bond acceptors (Lipinski definition) is 6. The Hall–Kier alpha value is -2.95. The van der Waals surface area contributed by atoms with Crippen LogP contribution in [-0.2, 0) is 4.74 Å². The van der Waals surface area contributed by atoms with Crippen molar-refractivity contribution in [1.29, 1.82) is 0 Å². The second kappa shape index (κ2) is 10.0. The molecule has 0 aliphatic heterocycles. The summed E-state index contributed by atoms with van der Waals surface area (Å²) in [5.41, 5.74) is 1.36. The SMILES string of the molecule is CSc1cnc2ccccc2c1SCC#CCOC(=O)c1ccc(C(=O)O)cc1. The number of nitrogens with zero attached hydrogens (tertiary/aromatic N) is 1. The van der Waals surface area contributed by atoms with Crippen molar-refractivity contribution in [2.45, 2.75) is 9.79 Å². The average molecular weight is 424 g/mol. The number of benzene rings is 2. The molecule has 1 aromatic heterocycles. The molecule has 3 aromatic rings. The zero-order chi connectivity index (χ0) is 20.6. The number of esters is 1. The highest BCUT2D eigenvalue weighted by molar-refractivity contribution is 8.02. The van der Waals surface area contributed by atoms with Crippen molar-refractivity contribution < 1.29 is 19.4 Å². The van der Waals surface area contributed by atoms with Gasteiger partial charge in [-0.1, -0.05) is 30.0 Å². The number of carboxylic acids is 1. The highest BCUT2D eigenvalue weighted by Crippen LogP contribution is 2.34. The number of aromatic carboxylic acids is 1. The number of para-hydroxylation sites is 1. The number of pyridine rings is 1. The second-order valence-corrected chi connectivity index (χ2v) is 7.61. The van der Waals surface area contributed by atoms with Gasteiger partial charge >= 0.3 is 11.9 Å². The van der Waals surface area contributed by atoms with E-state index in [2.05, 4.69) is 22.9 Å². The van der Waals surface area contributed by atoms with E-state index in [-0.39, 0.29) is 12.2 Å². The zero-order valence-electron chi connectivity index (χ0n) is 15.5. The van der Waals surface area contributed by atoms with E-state index in [4.69, 9.17) is 9.84 Å². The summed E-state index contributed by atoms with van der Waals surface area (Å²) in [5, 5.41) is 9.97. The Balaban J connectivity index is 1.55. The van der Waals surface area contributed by atoms with Crippen molar-refractivity contribution in [2.75, 3.05) is 18.6 Å².